The van der Waals surface area contributed by atoms with E-state index in [4.69, 9.17) is 0 Å². The van der Waals surface area contributed by atoms with Gasteiger partial charge in [-0.1, -0.05) is 17.7 Å². The van der Waals surface area contributed by atoms with Gasteiger partial charge in [-0.2, -0.15) is 0 Å². The summed E-state index contributed by atoms with van der Waals surface area (Å²) in [6.07, 6.45) is 4.16. The maximum Gasteiger partial charge on any atom is 0.0239 e. The highest BCUT2D eigenvalue weighted by Crippen LogP contribution is 2.33. The van der Waals surface area contributed by atoms with Gasteiger partial charge >= 0.3 is 0 Å². The predicted molar refractivity (Wildman–Crippen MR) is 85.1 cm³/mol. The molecule has 2 aliphatic rings. The van der Waals surface area contributed by atoms with Crippen LogP contribution in [-0.2, 0) is 6.54 Å². The van der Waals surface area contributed by atoms with Crippen molar-refractivity contribution in [2.24, 2.45) is 5.92 Å². The molecule has 1 aliphatic heterocycles. The minimum Gasteiger partial charge on any atom is -0.312 e. The average molecular weight is 272 g/mol. The normalized spacial score (nSPS) is 24.6. The minimum absolute atomic E-state index is 0.739. The van der Waals surface area contributed by atoms with Crippen molar-refractivity contribution in [2.45, 2.75) is 52.6 Å². The molecule has 1 N–H and O–H groups in total. The van der Waals surface area contributed by atoms with Crippen molar-refractivity contribution < 1.29 is 0 Å². The predicted octanol–water partition coefficient (Wildman–Crippen LogP) is 3.19. The highest BCUT2D eigenvalue weighted by Gasteiger charge is 2.33. The highest BCUT2D eigenvalue weighted by molar-refractivity contribution is 5.37. The molecular formula is C18H28N2. The van der Waals surface area contributed by atoms with Crippen LogP contribution in [0.25, 0.3) is 0 Å². The number of rotatable bonds is 3. The van der Waals surface area contributed by atoms with E-state index >= 15 is 0 Å². The van der Waals surface area contributed by atoms with Crippen molar-refractivity contribution in [1.29, 1.82) is 0 Å². The third kappa shape index (κ3) is 3.24. The maximum absolute atomic E-state index is 3.76. The van der Waals surface area contributed by atoms with Crippen molar-refractivity contribution in [2.75, 3.05) is 19.6 Å². The number of hydrogen-bond donors (Lipinski definition) is 1. The van der Waals surface area contributed by atoms with E-state index in [0.29, 0.717) is 0 Å². The van der Waals surface area contributed by atoms with Crippen molar-refractivity contribution in [3.8, 4) is 0 Å². The lowest BCUT2D eigenvalue weighted by Crippen LogP contribution is -2.39. The van der Waals surface area contributed by atoms with Crippen molar-refractivity contribution in [3.63, 3.8) is 0 Å². The zero-order valence-electron chi connectivity index (χ0n) is 13.2. The Kier molecular flexibility index (Phi) is 4.13. The van der Waals surface area contributed by atoms with Crippen molar-refractivity contribution in [3.05, 3.63) is 34.4 Å². The van der Waals surface area contributed by atoms with E-state index in [-0.39, 0.29) is 0 Å². The monoisotopic (exact) mass is 272 g/mol. The molecule has 0 spiro atoms. The fourth-order valence-electron chi connectivity index (χ4n) is 3.66. The summed E-state index contributed by atoms with van der Waals surface area (Å²) in [5, 5.41) is 3.76. The molecule has 2 heteroatoms. The molecule has 1 unspecified atom stereocenters. The smallest absolute Gasteiger partial charge is 0.0239 e. The molecule has 2 nitrogen and oxygen atoms in total. The molecular weight excluding hydrogens is 244 g/mol. The molecule has 3 rings (SSSR count). The van der Waals surface area contributed by atoms with Crippen LogP contribution in [0.15, 0.2) is 12.1 Å². The Balaban J connectivity index is 1.72. The Morgan fingerprint density at radius 2 is 1.85 bits per heavy atom. The van der Waals surface area contributed by atoms with Crippen LogP contribution < -0.4 is 5.32 Å². The number of nitrogens with one attached hydrogen (secondary N) is 1. The minimum atomic E-state index is 0.739. The Morgan fingerprint density at radius 1 is 1.15 bits per heavy atom. The summed E-state index contributed by atoms with van der Waals surface area (Å²) in [5.41, 5.74) is 5.86. The molecule has 0 aromatic heterocycles. The second kappa shape index (κ2) is 5.87. The lowest BCUT2D eigenvalue weighted by molar-refractivity contribution is 0.250. The van der Waals surface area contributed by atoms with Crippen LogP contribution in [0.5, 0.6) is 0 Å². The quantitative estimate of drug-likeness (QED) is 0.909. The van der Waals surface area contributed by atoms with E-state index in [9.17, 15) is 0 Å². The molecule has 0 radical (unpaired) electrons. The van der Waals surface area contributed by atoms with Crippen LogP contribution in [0.1, 0.15) is 41.5 Å². The van der Waals surface area contributed by atoms with Crippen molar-refractivity contribution >= 4 is 0 Å². The van der Waals surface area contributed by atoms with Gasteiger partial charge in [-0.05, 0) is 75.7 Å². The molecule has 1 saturated carbocycles. The van der Waals surface area contributed by atoms with Gasteiger partial charge in [-0.15, -0.1) is 0 Å². The molecule has 2 fully saturated rings. The summed E-state index contributed by atoms with van der Waals surface area (Å²) in [6.45, 7) is 11.5. The first-order valence-corrected chi connectivity index (χ1v) is 8.16. The zero-order chi connectivity index (χ0) is 14.1. The lowest BCUT2D eigenvalue weighted by Gasteiger charge is -2.26. The van der Waals surface area contributed by atoms with Crippen LogP contribution in [0.2, 0.25) is 0 Å². The first-order chi connectivity index (χ1) is 9.63. The Hall–Kier alpha value is -0.860. The second-order valence-corrected chi connectivity index (χ2v) is 6.86. The van der Waals surface area contributed by atoms with Gasteiger partial charge in [0.15, 0.2) is 0 Å². The zero-order valence-corrected chi connectivity index (χ0v) is 13.2. The van der Waals surface area contributed by atoms with Gasteiger partial charge in [0.2, 0.25) is 0 Å². The molecule has 0 amide bonds. The third-order valence-corrected chi connectivity index (χ3v) is 4.93. The molecule has 1 saturated heterocycles. The fourth-order valence-corrected chi connectivity index (χ4v) is 3.66. The van der Waals surface area contributed by atoms with Gasteiger partial charge in [-0.25, -0.2) is 0 Å². The first kappa shape index (κ1) is 14.1. The summed E-state index contributed by atoms with van der Waals surface area (Å²) in [7, 11) is 0. The van der Waals surface area contributed by atoms with E-state index in [1.54, 1.807) is 5.56 Å². The molecule has 110 valence electrons. The molecule has 20 heavy (non-hydrogen) atoms. The highest BCUT2D eigenvalue weighted by atomic mass is 15.2. The van der Waals surface area contributed by atoms with Gasteiger partial charge in [0.05, 0.1) is 0 Å². The average Bonchev–Trinajstić information content (AvgIpc) is 3.20. The first-order valence-electron chi connectivity index (χ1n) is 8.16. The van der Waals surface area contributed by atoms with Crippen LogP contribution in [0, 0.1) is 26.7 Å². The summed E-state index contributed by atoms with van der Waals surface area (Å²) in [4.78, 5) is 2.67. The number of nitrogens with zero attached hydrogens (tertiary/aromatic N) is 1. The van der Waals surface area contributed by atoms with E-state index in [1.807, 2.05) is 0 Å². The summed E-state index contributed by atoms with van der Waals surface area (Å²) >= 11 is 0. The number of benzene rings is 1. The van der Waals surface area contributed by atoms with E-state index in [1.165, 1.54) is 55.6 Å². The Bertz CT molecular complexity index is 453. The lowest BCUT2D eigenvalue weighted by atomic mass is 9.99. The number of aryl methyl sites for hydroxylation is 3. The van der Waals surface area contributed by atoms with Crippen LogP contribution in [0.4, 0.5) is 0 Å². The Morgan fingerprint density at radius 3 is 2.50 bits per heavy atom. The maximum atomic E-state index is 3.76. The van der Waals surface area contributed by atoms with Gasteiger partial charge in [0.1, 0.15) is 0 Å². The van der Waals surface area contributed by atoms with Crippen LogP contribution >= 0.6 is 0 Å². The van der Waals surface area contributed by atoms with Gasteiger partial charge in [-0.3, -0.25) is 4.90 Å². The molecule has 0 bridgehead atoms. The van der Waals surface area contributed by atoms with Gasteiger partial charge in [0, 0.05) is 19.1 Å². The third-order valence-electron chi connectivity index (χ3n) is 4.93. The van der Waals surface area contributed by atoms with Crippen LogP contribution in [0.3, 0.4) is 0 Å². The van der Waals surface area contributed by atoms with E-state index < -0.39 is 0 Å². The van der Waals surface area contributed by atoms with Gasteiger partial charge in [0.25, 0.3) is 0 Å². The van der Waals surface area contributed by atoms with E-state index in [2.05, 4.69) is 43.1 Å². The molecule has 1 atom stereocenters. The Labute approximate surface area is 123 Å². The second-order valence-electron chi connectivity index (χ2n) is 6.86. The van der Waals surface area contributed by atoms with E-state index in [0.717, 1.165) is 18.5 Å². The summed E-state index contributed by atoms with van der Waals surface area (Å²) in [6, 6.07) is 5.40. The van der Waals surface area contributed by atoms with Crippen LogP contribution in [-0.4, -0.2) is 30.6 Å². The molecule has 1 aromatic rings. The molecule has 1 aliphatic carbocycles. The standard InChI is InChI=1S/C18H28N2/c1-13-9-14(2)17(15(3)10-13)11-20-8-4-7-19-18(12-20)16-5-6-16/h9-10,16,18-19H,4-8,11-12H2,1-3H3. The molecule has 1 aromatic carbocycles. The summed E-state index contributed by atoms with van der Waals surface area (Å²) < 4.78 is 0. The molecule has 1 heterocycles. The SMILES string of the molecule is Cc1cc(C)c(CN2CCCNC(C3CC3)C2)c(C)c1. The largest absolute Gasteiger partial charge is 0.312 e. The van der Waals surface area contributed by atoms with Crippen molar-refractivity contribution in [1.82, 2.24) is 10.2 Å². The van der Waals surface area contributed by atoms with Gasteiger partial charge < -0.3 is 5.32 Å². The number of hydrogen-bond acceptors (Lipinski definition) is 2. The fraction of sp³-hybridized carbons (Fsp3) is 0.667. The summed E-state index contributed by atoms with van der Waals surface area (Å²) in [5.74, 6) is 0.954. The topological polar surface area (TPSA) is 15.3 Å².